The number of nitro groups is 1. The van der Waals surface area contributed by atoms with Crippen molar-refractivity contribution >= 4 is 11.4 Å². The van der Waals surface area contributed by atoms with Crippen LogP contribution in [0.3, 0.4) is 0 Å². The molecule has 0 aliphatic carbocycles. The second-order valence-corrected chi connectivity index (χ2v) is 5.22. The molecule has 1 aromatic heterocycles. The molecule has 3 aromatic rings. The van der Waals surface area contributed by atoms with Gasteiger partial charge in [-0.25, -0.2) is 14.1 Å². The van der Waals surface area contributed by atoms with E-state index < -0.39 is 10.7 Å². The minimum atomic E-state index is -0.642. The van der Waals surface area contributed by atoms with Gasteiger partial charge in [-0.1, -0.05) is 12.1 Å². The van der Waals surface area contributed by atoms with Crippen molar-refractivity contribution in [2.75, 3.05) is 5.32 Å². The quantitative estimate of drug-likeness (QED) is 0.572. The number of hydrogen-bond acceptors (Lipinski definition) is 5. The Morgan fingerprint density at radius 1 is 1.25 bits per heavy atom. The van der Waals surface area contributed by atoms with Gasteiger partial charge in [0, 0.05) is 6.04 Å². The van der Waals surface area contributed by atoms with Crippen LogP contribution in [0.4, 0.5) is 15.8 Å². The molecule has 1 N–H and O–H groups in total. The molecule has 1 unspecified atom stereocenters. The fraction of sp³-hybridized carbons (Fsp3) is 0.125. The van der Waals surface area contributed by atoms with Crippen molar-refractivity contribution in [2.24, 2.45) is 0 Å². The van der Waals surface area contributed by atoms with E-state index in [2.05, 4.69) is 15.4 Å². The zero-order valence-corrected chi connectivity index (χ0v) is 12.8. The molecule has 0 radical (unpaired) electrons. The van der Waals surface area contributed by atoms with Gasteiger partial charge in [0.25, 0.3) is 5.69 Å². The Kier molecular flexibility index (Phi) is 4.19. The summed E-state index contributed by atoms with van der Waals surface area (Å²) in [6.45, 7) is 1.87. The van der Waals surface area contributed by atoms with Crippen molar-refractivity contribution in [2.45, 2.75) is 13.0 Å². The number of anilines is 1. The van der Waals surface area contributed by atoms with Crippen LogP contribution < -0.4 is 5.32 Å². The van der Waals surface area contributed by atoms with Gasteiger partial charge in [0.2, 0.25) is 0 Å². The van der Waals surface area contributed by atoms with Crippen LogP contribution >= 0.6 is 0 Å². The Balaban J connectivity index is 1.80. The lowest BCUT2D eigenvalue weighted by Gasteiger charge is -2.16. The van der Waals surface area contributed by atoms with E-state index in [0.717, 1.165) is 17.3 Å². The topological polar surface area (TPSA) is 85.9 Å². The maximum Gasteiger partial charge on any atom is 0.295 e. The first kappa shape index (κ1) is 15.6. The molecule has 122 valence electrons. The van der Waals surface area contributed by atoms with Gasteiger partial charge in [0.1, 0.15) is 24.2 Å². The molecule has 0 saturated heterocycles. The summed E-state index contributed by atoms with van der Waals surface area (Å²) in [6, 6.07) is 10.8. The monoisotopic (exact) mass is 327 g/mol. The standard InChI is InChI=1S/C16H14FN5O2/c1-11(20-15-7-4-13(17)8-16(15)22(23)24)12-2-5-14(6-3-12)21-10-18-9-19-21/h2-11,20H,1H3. The van der Waals surface area contributed by atoms with E-state index in [4.69, 9.17) is 0 Å². The molecule has 0 aliphatic heterocycles. The van der Waals surface area contributed by atoms with Gasteiger partial charge < -0.3 is 5.32 Å². The van der Waals surface area contributed by atoms with Crippen LogP contribution in [-0.2, 0) is 0 Å². The van der Waals surface area contributed by atoms with Crippen molar-refractivity contribution in [3.63, 3.8) is 0 Å². The summed E-state index contributed by atoms with van der Waals surface area (Å²) in [5.41, 5.74) is 1.77. The van der Waals surface area contributed by atoms with Gasteiger partial charge in [-0.15, -0.1) is 0 Å². The first-order chi connectivity index (χ1) is 11.5. The summed E-state index contributed by atoms with van der Waals surface area (Å²) in [5.74, 6) is -0.642. The second kappa shape index (κ2) is 6.45. The predicted octanol–water partition coefficient (Wildman–Crippen LogP) is 3.49. The van der Waals surface area contributed by atoms with Crippen LogP contribution in [0.2, 0.25) is 0 Å². The molecule has 0 fully saturated rings. The van der Waals surface area contributed by atoms with E-state index in [1.54, 1.807) is 11.0 Å². The predicted molar refractivity (Wildman–Crippen MR) is 86.5 cm³/mol. The Labute approximate surface area is 136 Å². The minimum Gasteiger partial charge on any atom is -0.373 e. The summed E-state index contributed by atoms with van der Waals surface area (Å²) in [6.07, 6.45) is 3.05. The third kappa shape index (κ3) is 3.22. The first-order valence-electron chi connectivity index (χ1n) is 7.20. The summed E-state index contributed by atoms with van der Waals surface area (Å²) >= 11 is 0. The molecule has 1 heterocycles. The van der Waals surface area contributed by atoms with E-state index in [1.165, 1.54) is 18.5 Å². The summed E-state index contributed by atoms with van der Waals surface area (Å²) in [7, 11) is 0. The smallest absolute Gasteiger partial charge is 0.295 e. The molecular formula is C16H14FN5O2. The van der Waals surface area contributed by atoms with Gasteiger partial charge in [0.05, 0.1) is 16.7 Å². The fourth-order valence-corrected chi connectivity index (χ4v) is 2.35. The van der Waals surface area contributed by atoms with E-state index in [0.29, 0.717) is 0 Å². The highest BCUT2D eigenvalue weighted by Gasteiger charge is 2.17. The average molecular weight is 327 g/mol. The normalized spacial score (nSPS) is 11.9. The van der Waals surface area contributed by atoms with Crippen molar-refractivity contribution in [3.05, 3.63) is 76.6 Å². The highest BCUT2D eigenvalue weighted by molar-refractivity contribution is 5.62. The van der Waals surface area contributed by atoms with Crippen molar-refractivity contribution in [3.8, 4) is 5.69 Å². The Hall–Kier alpha value is -3.29. The maximum atomic E-state index is 13.2. The summed E-state index contributed by atoms with van der Waals surface area (Å²) < 4.78 is 14.8. The number of hydrogen-bond donors (Lipinski definition) is 1. The molecule has 3 rings (SSSR count). The highest BCUT2D eigenvalue weighted by atomic mass is 19.1. The SMILES string of the molecule is CC(Nc1ccc(F)cc1[N+](=O)[O-])c1ccc(-n2cncn2)cc1. The Morgan fingerprint density at radius 2 is 2.00 bits per heavy atom. The van der Waals surface area contributed by atoms with Crippen molar-refractivity contribution < 1.29 is 9.31 Å². The number of rotatable bonds is 5. The zero-order valence-electron chi connectivity index (χ0n) is 12.8. The molecule has 0 saturated carbocycles. The number of nitro benzene ring substituents is 1. The molecule has 0 aliphatic rings. The van der Waals surface area contributed by atoms with Crippen molar-refractivity contribution in [1.82, 2.24) is 14.8 Å². The van der Waals surface area contributed by atoms with E-state index in [-0.39, 0.29) is 17.4 Å². The third-order valence-corrected chi connectivity index (χ3v) is 3.60. The van der Waals surface area contributed by atoms with Crippen LogP contribution in [0.5, 0.6) is 0 Å². The largest absolute Gasteiger partial charge is 0.373 e. The molecule has 1 atom stereocenters. The van der Waals surface area contributed by atoms with E-state index in [9.17, 15) is 14.5 Å². The minimum absolute atomic E-state index is 0.195. The van der Waals surface area contributed by atoms with Crippen LogP contribution in [0.1, 0.15) is 18.5 Å². The van der Waals surface area contributed by atoms with E-state index in [1.807, 2.05) is 31.2 Å². The van der Waals surface area contributed by atoms with Gasteiger partial charge in [-0.05, 0) is 36.8 Å². The van der Waals surface area contributed by atoms with Crippen LogP contribution in [-0.4, -0.2) is 19.7 Å². The number of aromatic nitrogens is 3. The molecular weight excluding hydrogens is 313 g/mol. The van der Waals surface area contributed by atoms with Gasteiger partial charge in [0.15, 0.2) is 0 Å². The van der Waals surface area contributed by atoms with Gasteiger partial charge >= 0.3 is 0 Å². The number of benzene rings is 2. The zero-order chi connectivity index (χ0) is 17.1. The third-order valence-electron chi connectivity index (χ3n) is 3.60. The van der Waals surface area contributed by atoms with E-state index >= 15 is 0 Å². The summed E-state index contributed by atoms with van der Waals surface area (Å²) in [5, 5.41) is 18.1. The fourth-order valence-electron chi connectivity index (χ4n) is 2.35. The maximum absolute atomic E-state index is 13.2. The van der Waals surface area contributed by atoms with Crippen LogP contribution in [0.15, 0.2) is 55.1 Å². The number of halogens is 1. The second-order valence-electron chi connectivity index (χ2n) is 5.22. The summed E-state index contributed by atoms with van der Waals surface area (Å²) in [4.78, 5) is 14.3. The molecule has 8 heteroatoms. The van der Waals surface area contributed by atoms with Crippen molar-refractivity contribution in [1.29, 1.82) is 0 Å². The molecule has 7 nitrogen and oxygen atoms in total. The lowest BCUT2D eigenvalue weighted by molar-refractivity contribution is -0.384. The number of nitrogens with one attached hydrogen (secondary N) is 1. The van der Waals surface area contributed by atoms with Gasteiger partial charge in [-0.3, -0.25) is 10.1 Å². The molecule has 0 spiro atoms. The Morgan fingerprint density at radius 3 is 2.62 bits per heavy atom. The highest BCUT2D eigenvalue weighted by Crippen LogP contribution is 2.29. The van der Waals surface area contributed by atoms with Crippen LogP contribution in [0.25, 0.3) is 5.69 Å². The number of nitrogens with zero attached hydrogens (tertiary/aromatic N) is 4. The lowest BCUT2D eigenvalue weighted by Crippen LogP contribution is -2.09. The molecule has 0 bridgehead atoms. The average Bonchev–Trinajstić information content (AvgIpc) is 3.11. The van der Waals surface area contributed by atoms with Gasteiger partial charge in [-0.2, -0.15) is 5.10 Å². The molecule has 24 heavy (non-hydrogen) atoms. The molecule has 0 amide bonds. The lowest BCUT2D eigenvalue weighted by atomic mass is 10.1. The van der Waals surface area contributed by atoms with Crippen LogP contribution in [0, 0.1) is 15.9 Å². The molecule has 2 aromatic carbocycles. The Bertz CT molecular complexity index is 849. The first-order valence-corrected chi connectivity index (χ1v) is 7.20.